The van der Waals surface area contributed by atoms with E-state index in [-0.39, 0.29) is 0 Å². The van der Waals surface area contributed by atoms with E-state index in [1.807, 2.05) is 0 Å². The fourth-order valence-electron chi connectivity index (χ4n) is 2.77. The summed E-state index contributed by atoms with van der Waals surface area (Å²) in [6.45, 7) is 9.10. The molecule has 0 nitrogen and oxygen atoms in total. The van der Waals surface area contributed by atoms with Gasteiger partial charge in [-0.2, -0.15) is 0 Å². The van der Waals surface area contributed by atoms with Crippen LogP contribution in [0, 0.1) is 0 Å². The predicted molar refractivity (Wildman–Crippen MR) is 106 cm³/mol. The first-order valence-electron chi connectivity index (χ1n) is 10.8. The highest BCUT2D eigenvalue weighted by Crippen LogP contribution is 2.09. The molecule has 136 valence electrons. The van der Waals surface area contributed by atoms with Crippen LogP contribution in [0.5, 0.6) is 0 Å². The van der Waals surface area contributed by atoms with Crippen molar-refractivity contribution in [3.63, 3.8) is 0 Å². The van der Waals surface area contributed by atoms with Crippen molar-refractivity contribution in [2.45, 2.75) is 143 Å². The van der Waals surface area contributed by atoms with E-state index >= 15 is 0 Å². The van der Waals surface area contributed by atoms with Gasteiger partial charge in [-0.15, -0.1) is 0 Å². The van der Waals surface area contributed by atoms with Gasteiger partial charge in [0.1, 0.15) is 0 Å². The van der Waals surface area contributed by atoms with Crippen molar-refractivity contribution in [3.05, 3.63) is 0 Å². The molecule has 0 aliphatic carbocycles. The van der Waals surface area contributed by atoms with Crippen LogP contribution in [-0.2, 0) is 0 Å². The van der Waals surface area contributed by atoms with Crippen molar-refractivity contribution in [2.75, 3.05) is 0 Å². The van der Waals surface area contributed by atoms with E-state index in [1.165, 1.54) is 116 Å². The third-order valence-electron chi connectivity index (χ3n) is 4.41. The summed E-state index contributed by atoms with van der Waals surface area (Å²) in [7, 11) is 0. The zero-order valence-electron chi connectivity index (χ0n) is 16.7. The van der Waals surface area contributed by atoms with Crippen molar-refractivity contribution in [1.29, 1.82) is 0 Å². The molecule has 0 fully saturated rings. The quantitative estimate of drug-likeness (QED) is 0.249. The predicted octanol–water partition coefficient (Wildman–Crippen LogP) is 9.07. The first-order chi connectivity index (χ1) is 10.8. The van der Waals surface area contributed by atoms with E-state index in [2.05, 4.69) is 27.7 Å². The van der Waals surface area contributed by atoms with Crippen LogP contribution in [0.1, 0.15) is 143 Å². The van der Waals surface area contributed by atoms with E-state index in [0.29, 0.717) is 0 Å². The minimum atomic E-state index is 1.37. The van der Waals surface area contributed by atoms with Crippen LogP contribution in [-0.4, -0.2) is 0 Å². The molecular formula is C22H48. The Balaban J connectivity index is 0. The van der Waals surface area contributed by atoms with Gasteiger partial charge in [-0.1, -0.05) is 143 Å². The number of hydrogen-bond donors (Lipinski definition) is 0. The van der Waals surface area contributed by atoms with Crippen molar-refractivity contribution >= 4 is 0 Å². The van der Waals surface area contributed by atoms with Gasteiger partial charge in [0.05, 0.1) is 0 Å². The summed E-state index contributed by atoms with van der Waals surface area (Å²) in [6, 6.07) is 0. The zero-order valence-corrected chi connectivity index (χ0v) is 16.7. The van der Waals surface area contributed by atoms with Gasteiger partial charge in [0.25, 0.3) is 0 Å². The Morgan fingerprint density at radius 3 is 0.500 bits per heavy atom. The average molecular weight is 313 g/mol. The van der Waals surface area contributed by atoms with E-state index < -0.39 is 0 Å². The van der Waals surface area contributed by atoms with Crippen LogP contribution in [0.4, 0.5) is 0 Å². The van der Waals surface area contributed by atoms with E-state index in [4.69, 9.17) is 0 Å². The highest BCUT2D eigenvalue weighted by atomic mass is 14.0. The lowest BCUT2D eigenvalue weighted by atomic mass is 10.1. The highest BCUT2D eigenvalue weighted by molar-refractivity contribution is 4.45. The van der Waals surface area contributed by atoms with Gasteiger partial charge in [-0.25, -0.2) is 0 Å². The smallest absolute Gasteiger partial charge is 0.0533 e. The van der Waals surface area contributed by atoms with Crippen LogP contribution >= 0.6 is 0 Å². The molecule has 0 bridgehead atoms. The molecule has 0 aromatic carbocycles. The van der Waals surface area contributed by atoms with Gasteiger partial charge >= 0.3 is 0 Å². The molecule has 22 heavy (non-hydrogen) atoms. The van der Waals surface area contributed by atoms with Crippen LogP contribution < -0.4 is 0 Å². The number of rotatable bonds is 16. The first-order valence-corrected chi connectivity index (χ1v) is 10.8. The molecule has 0 saturated carbocycles. The molecule has 0 N–H and O–H groups in total. The van der Waals surface area contributed by atoms with E-state index in [9.17, 15) is 0 Å². The largest absolute Gasteiger partial charge is 0.0654 e. The van der Waals surface area contributed by atoms with E-state index in [0.717, 1.165) is 0 Å². The lowest BCUT2D eigenvalue weighted by Gasteiger charge is -1.98. The summed E-state index contributed by atoms with van der Waals surface area (Å²) < 4.78 is 0. The van der Waals surface area contributed by atoms with Gasteiger partial charge in [-0.3, -0.25) is 0 Å². The summed E-state index contributed by atoms with van der Waals surface area (Å²) in [5, 5.41) is 0. The Bertz CT molecular complexity index is 116. The fraction of sp³-hybridized carbons (Fsp3) is 1.00. The van der Waals surface area contributed by atoms with Crippen molar-refractivity contribution < 1.29 is 0 Å². The lowest BCUT2D eigenvalue weighted by molar-refractivity contribution is 0.572. The molecule has 0 aliphatic rings. The second-order valence-corrected chi connectivity index (χ2v) is 6.95. The topological polar surface area (TPSA) is 0 Å². The molecule has 0 heteroatoms. The lowest BCUT2D eigenvalue weighted by Crippen LogP contribution is -1.79. The summed E-state index contributed by atoms with van der Waals surface area (Å²) in [5.41, 5.74) is 0. The molecule has 0 rings (SSSR count). The second-order valence-electron chi connectivity index (χ2n) is 6.95. The minimum Gasteiger partial charge on any atom is -0.0654 e. The Labute approximate surface area is 143 Å². The SMILES string of the molecule is CCCCCCCCCCC.CCCCCCCCCCC. The maximum Gasteiger partial charge on any atom is -0.0533 e. The van der Waals surface area contributed by atoms with Crippen molar-refractivity contribution in [3.8, 4) is 0 Å². The van der Waals surface area contributed by atoms with Gasteiger partial charge in [-0.05, 0) is 0 Å². The van der Waals surface area contributed by atoms with E-state index in [1.54, 1.807) is 0 Å². The van der Waals surface area contributed by atoms with Gasteiger partial charge in [0.15, 0.2) is 0 Å². The van der Waals surface area contributed by atoms with Gasteiger partial charge in [0, 0.05) is 0 Å². The molecule has 0 unspecified atom stereocenters. The van der Waals surface area contributed by atoms with Crippen LogP contribution in [0.25, 0.3) is 0 Å². The van der Waals surface area contributed by atoms with Crippen LogP contribution in [0.3, 0.4) is 0 Å². The summed E-state index contributed by atoms with van der Waals surface area (Å²) in [6.07, 6.45) is 25.9. The monoisotopic (exact) mass is 312 g/mol. The molecule has 0 atom stereocenters. The Morgan fingerprint density at radius 1 is 0.227 bits per heavy atom. The molecule has 0 saturated heterocycles. The summed E-state index contributed by atoms with van der Waals surface area (Å²) in [5.74, 6) is 0. The molecule has 0 radical (unpaired) electrons. The van der Waals surface area contributed by atoms with Crippen molar-refractivity contribution in [2.24, 2.45) is 0 Å². The Kier molecular flexibility index (Phi) is 28.6. The normalized spacial score (nSPS) is 10.4. The fourth-order valence-corrected chi connectivity index (χ4v) is 2.77. The molecule has 0 heterocycles. The average Bonchev–Trinajstić information content (AvgIpc) is 2.54. The van der Waals surface area contributed by atoms with Gasteiger partial charge in [0.2, 0.25) is 0 Å². The molecule has 0 aromatic heterocycles. The Morgan fingerprint density at radius 2 is 0.364 bits per heavy atom. The van der Waals surface area contributed by atoms with Gasteiger partial charge < -0.3 is 0 Å². The maximum atomic E-state index is 2.27. The second kappa shape index (κ2) is 25.9. The zero-order chi connectivity index (χ0) is 16.7. The highest BCUT2D eigenvalue weighted by Gasteiger charge is 1.89. The first kappa shape index (κ1) is 24.3. The summed E-state index contributed by atoms with van der Waals surface area (Å²) in [4.78, 5) is 0. The molecule has 0 amide bonds. The third kappa shape index (κ3) is 28.2. The maximum absolute atomic E-state index is 2.27. The number of unbranched alkanes of at least 4 members (excludes halogenated alkanes) is 16. The molecule has 0 aromatic rings. The van der Waals surface area contributed by atoms with Crippen LogP contribution in [0.15, 0.2) is 0 Å². The minimum absolute atomic E-state index is 1.37. The summed E-state index contributed by atoms with van der Waals surface area (Å²) >= 11 is 0. The third-order valence-corrected chi connectivity index (χ3v) is 4.41. The van der Waals surface area contributed by atoms with Crippen molar-refractivity contribution in [1.82, 2.24) is 0 Å². The molecule has 0 spiro atoms. The molecule has 0 aliphatic heterocycles. The number of hydrogen-bond acceptors (Lipinski definition) is 0. The standard InChI is InChI=1S/2C11H24/c2*1-3-5-7-9-11-10-8-6-4-2/h2*3-11H2,1-2H3. The molecular weight excluding hydrogens is 264 g/mol. The Hall–Kier alpha value is 0. The van der Waals surface area contributed by atoms with Crippen LogP contribution in [0.2, 0.25) is 0 Å².